The monoisotopic (exact) mass is 199 g/mol. The van der Waals surface area contributed by atoms with Gasteiger partial charge in [-0.2, -0.15) is 0 Å². The van der Waals surface area contributed by atoms with Crippen molar-refractivity contribution in [3.05, 3.63) is 47.2 Å². The van der Waals surface area contributed by atoms with E-state index in [9.17, 15) is 0 Å². The van der Waals surface area contributed by atoms with E-state index in [-0.39, 0.29) is 0 Å². The van der Waals surface area contributed by atoms with Gasteiger partial charge in [-0.1, -0.05) is 30.3 Å². The summed E-state index contributed by atoms with van der Waals surface area (Å²) >= 11 is 0. The van der Waals surface area contributed by atoms with E-state index in [2.05, 4.69) is 35.2 Å². The maximum atomic E-state index is 2.57. The SMILES string of the molecule is C1=C(N2CCCC2)Cc2ccccc2C1. The number of benzene rings is 1. The lowest BCUT2D eigenvalue weighted by Crippen LogP contribution is -2.22. The Balaban J connectivity index is 1.82. The number of likely N-dealkylation sites (tertiary alicyclic amines) is 1. The van der Waals surface area contributed by atoms with Crippen LogP contribution in [-0.2, 0) is 12.8 Å². The summed E-state index contributed by atoms with van der Waals surface area (Å²) in [4.78, 5) is 2.57. The predicted octanol–water partition coefficient (Wildman–Crippen LogP) is 2.76. The van der Waals surface area contributed by atoms with Gasteiger partial charge in [0, 0.05) is 25.2 Å². The van der Waals surface area contributed by atoms with Crippen LogP contribution in [0.5, 0.6) is 0 Å². The van der Waals surface area contributed by atoms with Gasteiger partial charge in [-0.05, 0) is 30.4 Å². The van der Waals surface area contributed by atoms with Crippen LogP contribution >= 0.6 is 0 Å². The molecule has 1 saturated heterocycles. The van der Waals surface area contributed by atoms with Gasteiger partial charge >= 0.3 is 0 Å². The topological polar surface area (TPSA) is 3.24 Å². The van der Waals surface area contributed by atoms with E-state index in [1.54, 1.807) is 5.70 Å². The van der Waals surface area contributed by atoms with Crippen LogP contribution in [0.15, 0.2) is 36.0 Å². The van der Waals surface area contributed by atoms with Gasteiger partial charge in [0.2, 0.25) is 0 Å². The number of fused-ring (bicyclic) bond motifs is 1. The fourth-order valence-corrected chi connectivity index (χ4v) is 2.67. The summed E-state index contributed by atoms with van der Waals surface area (Å²) in [6.45, 7) is 2.54. The van der Waals surface area contributed by atoms with Gasteiger partial charge in [0.1, 0.15) is 0 Å². The molecule has 1 aromatic rings. The number of allylic oxidation sites excluding steroid dienone is 2. The zero-order valence-corrected chi connectivity index (χ0v) is 9.08. The van der Waals surface area contributed by atoms with Crippen LogP contribution in [0, 0.1) is 0 Å². The highest BCUT2D eigenvalue weighted by atomic mass is 15.1. The van der Waals surface area contributed by atoms with Gasteiger partial charge in [-0.3, -0.25) is 0 Å². The van der Waals surface area contributed by atoms with Crippen molar-refractivity contribution in [1.82, 2.24) is 4.90 Å². The van der Waals surface area contributed by atoms with Crippen LogP contribution in [0.25, 0.3) is 0 Å². The Morgan fingerprint density at radius 2 is 1.67 bits per heavy atom. The van der Waals surface area contributed by atoms with Gasteiger partial charge in [0.25, 0.3) is 0 Å². The third kappa shape index (κ3) is 1.67. The standard InChI is InChI=1S/C14H17N/c1-2-6-13-11-14(8-7-12(13)5-1)15-9-3-4-10-15/h1-2,5-6,8H,3-4,7,9-11H2. The molecule has 1 aromatic carbocycles. The van der Waals surface area contributed by atoms with Gasteiger partial charge < -0.3 is 4.90 Å². The molecule has 0 unspecified atom stereocenters. The summed E-state index contributed by atoms with van der Waals surface area (Å²) in [5.74, 6) is 0. The number of hydrogen-bond acceptors (Lipinski definition) is 1. The molecule has 0 radical (unpaired) electrons. The zero-order chi connectivity index (χ0) is 10.1. The predicted molar refractivity (Wildman–Crippen MR) is 62.7 cm³/mol. The molecule has 0 spiro atoms. The minimum Gasteiger partial charge on any atom is -0.375 e. The summed E-state index contributed by atoms with van der Waals surface area (Å²) in [5.41, 5.74) is 4.61. The third-order valence-electron chi connectivity index (χ3n) is 3.56. The second kappa shape index (κ2) is 3.73. The van der Waals surface area contributed by atoms with Crippen molar-refractivity contribution in [1.29, 1.82) is 0 Å². The molecule has 0 bridgehead atoms. The zero-order valence-electron chi connectivity index (χ0n) is 9.08. The Labute approximate surface area is 91.4 Å². The number of hydrogen-bond donors (Lipinski definition) is 0. The lowest BCUT2D eigenvalue weighted by Gasteiger charge is -2.25. The first-order chi connectivity index (χ1) is 7.43. The van der Waals surface area contributed by atoms with E-state index in [1.807, 2.05) is 0 Å². The molecular formula is C14H17N. The first-order valence-electron chi connectivity index (χ1n) is 5.94. The molecule has 0 N–H and O–H groups in total. The van der Waals surface area contributed by atoms with Crippen LogP contribution in [0.3, 0.4) is 0 Å². The molecule has 0 amide bonds. The van der Waals surface area contributed by atoms with Crippen molar-refractivity contribution < 1.29 is 0 Å². The molecule has 1 nitrogen and oxygen atoms in total. The molecule has 1 fully saturated rings. The first kappa shape index (κ1) is 9.02. The molecule has 78 valence electrons. The summed E-state index contributed by atoms with van der Waals surface area (Å²) in [5, 5.41) is 0. The van der Waals surface area contributed by atoms with E-state index in [0.29, 0.717) is 0 Å². The minimum atomic E-state index is 1.13. The van der Waals surface area contributed by atoms with Crippen molar-refractivity contribution in [2.75, 3.05) is 13.1 Å². The fourth-order valence-electron chi connectivity index (χ4n) is 2.67. The average molecular weight is 199 g/mol. The minimum absolute atomic E-state index is 1.13. The van der Waals surface area contributed by atoms with Crippen molar-refractivity contribution in [3.63, 3.8) is 0 Å². The van der Waals surface area contributed by atoms with E-state index in [0.717, 1.165) is 12.8 Å². The molecule has 0 atom stereocenters. The van der Waals surface area contributed by atoms with Crippen molar-refractivity contribution in [3.8, 4) is 0 Å². The first-order valence-corrected chi connectivity index (χ1v) is 5.94. The highest BCUT2D eigenvalue weighted by Crippen LogP contribution is 2.25. The van der Waals surface area contributed by atoms with E-state index < -0.39 is 0 Å². The number of nitrogens with zero attached hydrogens (tertiary/aromatic N) is 1. The van der Waals surface area contributed by atoms with Crippen molar-refractivity contribution in [2.24, 2.45) is 0 Å². The van der Waals surface area contributed by atoms with Crippen LogP contribution in [0.4, 0.5) is 0 Å². The molecule has 1 aliphatic carbocycles. The van der Waals surface area contributed by atoms with Crippen molar-refractivity contribution >= 4 is 0 Å². The molecule has 3 rings (SSSR count). The summed E-state index contributed by atoms with van der Waals surface area (Å²) in [6.07, 6.45) is 7.45. The molecule has 0 aromatic heterocycles. The van der Waals surface area contributed by atoms with Crippen molar-refractivity contribution in [2.45, 2.75) is 25.7 Å². The molecular weight excluding hydrogens is 182 g/mol. The highest BCUT2D eigenvalue weighted by molar-refractivity contribution is 5.36. The highest BCUT2D eigenvalue weighted by Gasteiger charge is 2.18. The molecule has 2 aliphatic rings. The molecule has 1 heteroatoms. The molecule has 15 heavy (non-hydrogen) atoms. The third-order valence-corrected chi connectivity index (χ3v) is 3.56. The van der Waals surface area contributed by atoms with E-state index >= 15 is 0 Å². The van der Waals surface area contributed by atoms with Crippen LogP contribution < -0.4 is 0 Å². The fraction of sp³-hybridized carbons (Fsp3) is 0.429. The van der Waals surface area contributed by atoms with Gasteiger partial charge in [0.05, 0.1) is 0 Å². The van der Waals surface area contributed by atoms with Gasteiger partial charge in [-0.15, -0.1) is 0 Å². The smallest absolute Gasteiger partial charge is 0.0175 e. The largest absolute Gasteiger partial charge is 0.375 e. The Morgan fingerprint density at radius 1 is 0.933 bits per heavy atom. The van der Waals surface area contributed by atoms with Gasteiger partial charge in [0.15, 0.2) is 0 Å². The van der Waals surface area contributed by atoms with Gasteiger partial charge in [-0.25, -0.2) is 0 Å². The average Bonchev–Trinajstić information content (AvgIpc) is 2.82. The quantitative estimate of drug-likeness (QED) is 0.672. The Morgan fingerprint density at radius 3 is 2.47 bits per heavy atom. The van der Waals surface area contributed by atoms with E-state index in [4.69, 9.17) is 0 Å². The Kier molecular flexibility index (Phi) is 2.24. The summed E-state index contributed by atoms with van der Waals surface area (Å²) in [6, 6.07) is 8.84. The molecule has 1 aliphatic heterocycles. The number of rotatable bonds is 1. The maximum Gasteiger partial charge on any atom is 0.0175 e. The Bertz CT molecular complexity index is 386. The summed E-state index contributed by atoms with van der Waals surface area (Å²) < 4.78 is 0. The van der Waals surface area contributed by atoms with E-state index in [1.165, 1.54) is 37.1 Å². The molecule has 0 saturated carbocycles. The maximum absolute atomic E-state index is 2.57. The van der Waals surface area contributed by atoms with Crippen LogP contribution in [-0.4, -0.2) is 18.0 Å². The Hall–Kier alpha value is -1.24. The molecule has 1 heterocycles. The summed E-state index contributed by atoms with van der Waals surface area (Å²) in [7, 11) is 0. The second-order valence-electron chi connectivity index (χ2n) is 4.54. The lowest BCUT2D eigenvalue weighted by atomic mass is 9.94. The van der Waals surface area contributed by atoms with Crippen LogP contribution in [0.1, 0.15) is 24.0 Å². The second-order valence-corrected chi connectivity index (χ2v) is 4.54. The lowest BCUT2D eigenvalue weighted by molar-refractivity contribution is 0.412. The normalized spacial score (nSPS) is 20.0. The van der Waals surface area contributed by atoms with Crippen LogP contribution in [0.2, 0.25) is 0 Å².